The molecule has 7 N–H and O–H groups in total. The van der Waals surface area contributed by atoms with Gasteiger partial charge in [-0.25, -0.2) is 22.9 Å². The number of halogens is 1. The number of rotatable bonds is 8. The Labute approximate surface area is 190 Å². The second-order valence-corrected chi connectivity index (χ2v) is 11.3. The summed E-state index contributed by atoms with van der Waals surface area (Å²) >= 11 is 0. The average Bonchev–Trinajstić information content (AvgIpc) is 2.83. The van der Waals surface area contributed by atoms with Crippen molar-refractivity contribution in [2.75, 3.05) is 5.73 Å². The third-order valence-electron chi connectivity index (χ3n) is 4.28. The molecule has 0 amide bonds. The van der Waals surface area contributed by atoms with E-state index in [4.69, 9.17) is 20.3 Å². The fraction of sp³-hybridized carbons (Fsp3) is 0.571. The molecule has 16 nitrogen and oxygen atoms in total. The van der Waals surface area contributed by atoms with Crippen LogP contribution in [-0.2, 0) is 31.6 Å². The van der Waals surface area contributed by atoms with Crippen LogP contribution >= 0.6 is 23.5 Å². The van der Waals surface area contributed by atoms with E-state index in [-0.39, 0.29) is 11.5 Å². The fourth-order valence-corrected chi connectivity index (χ4v) is 6.34. The molecule has 0 saturated carbocycles. The smallest absolute Gasteiger partial charge is 0.386 e. The van der Waals surface area contributed by atoms with Gasteiger partial charge in [0, 0.05) is 5.69 Å². The Balaban J connectivity index is 2.37. The first kappa shape index (κ1) is 28.7. The maximum Gasteiger partial charge on any atom is 0.490 e. The van der Waals surface area contributed by atoms with Crippen molar-refractivity contribution in [2.24, 2.45) is 0 Å². The van der Waals surface area contributed by atoms with Crippen molar-refractivity contribution in [2.45, 2.75) is 51.0 Å². The summed E-state index contributed by atoms with van der Waals surface area (Å²) in [6, 6.07) is 1.21. The van der Waals surface area contributed by atoms with E-state index in [1.807, 2.05) is 0 Å². The van der Waals surface area contributed by atoms with Crippen molar-refractivity contribution in [3.05, 3.63) is 22.2 Å². The van der Waals surface area contributed by atoms with E-state index in [1.54, 1.807) is 0 Å². The number of aryl methyl sites for hydroxylation is 1. The highest BCUT2D eigenvalue weighted by molar-refractivity contribution is 7.66. The van der Waals surface area contributed by atoms with Crippen LogP contribution in [0.5, 0.6) is 0 Å². The van der Waals surface area contributed by atoms with E-state index < -0.39 is 59.4 Å². The number of anilines is 1. The molecule has 0 aliphatic carbocycles. The molecular weight excluding hydrogens is 530 g/mol. The molecule has 34 heavy (non-hydrogen) atoms. The maximum absolute atomic E-state index is 15.8. The minimum absolute atomic E-state index is 0.0656. The summed E-state index contributed by atoms with van der Waals surface area (Å²) in [6.45, 7) is 3.55. The predicted octanol–water partition coefficient (Wildman–Crippen LogP) is -0.144. The van der Waals surface area contributed by atoms with Crippen LogP contribution < -0.4 is 11.4 Å². The molecule has 0 radical (unpaired) electrons. The van der Waals surface area contributed by atoms with Gasteiger partial charge in [-0.15, -0.1) is 5.92 Å². The zero-order chi connectivity index (χ0) is 26.3. The molecule has 1 aromatic rings. The van der Waals surface area contributed by atoms with Gasteiger partial charge in [-0.05, 0) is 26.8 Å². The molecule has 2 heterocycles. The molecule has 20 heteroatoms. The Morgan fingerprint density at radius 1 is 1.26 bits per heavy atom. The van der Waals surface area contributed by atoms with Gasteiger partial charge in [0.1, 0.15) is 18.0 Å². The van der Waals surface area contributed by atoms with Gasteiger partial charge in [0.25, 0.3) is 0 Å². The van der Waals surface area contributed by atoms with Crippen LogP contribution in [0.15, 0.2) is 10.9 Å². The fourth-order valence-electron chi connectivity index (χ4n) is 3.14. The average molecular weight is 551 g/mol. The second-order valence-electron chi connectivity index (χ2n) is 6.92. The summed E-state index contributed by atoms with van der Waals surface area (Å²) in [7, 11) is -17.1. The Hall–Kier alpha value is -1.50. The highest BCUT2D eigenvalue weighted by Crippen LogP contribution is 2.66. The highest BCUT2D eigenvalue weighted by Gasteiger charge is 2.60. The number of ether oxygens (including phenoxy) is 1. The van der Waals surface area contributed by atoms with E-state index in [9.17, 15) is 33.4 Å². The Kier molecular flexibility index (Phi) is 8.34. The Morgan fingerprint density at radius 3 is 2.35 bits per heavy atom. The number of aromatic nitrogens is 2. The second kappa shape index (κ2) is 9.87. The lowest BCUT2D eigenvalue weighted by molar-refractivity contribution is -0.0786. The molecule has 1 aliphatic heterocycles. The number of nitrogen functional groups attached to an aromatic ring is 1. The number of phosphoric ester groups is 1. The van der Waals surface area contributed by atoms with Crippen molar-refractivity contribution in [3.63, 3.8) is 0 Å². The van der Waals surface area contributed by atoms with Gasteiger partial charge in [0.2, 0.25) is 5.67 Å². The topological polar surface area (TPSA) is 250 Å². The Bertz CT molecular complexity index is 1210. The zero-order valence-corrected chi connectivity index (χ0v) is 20.3. The molecule has 7 atom stereocenters. The zero-order valence-electron chi connectivity index (χ0n) is 17.6. The van der Waals surface area contributed by atoms with Gasteiger partial charge in [-0.1, -0.05) is 5.92 Å². The summed E-state index contributed by atoms with van der Waals surface area (Å²) in [5, 5.41) is 10.6. The van der Waals surface area contributed by atoms with Crippen LogP contribution in [0.2, 0.25) is 0 Å². The first-order valence-corrected chi connectivity index (χ1v) is 13.5. The standard InChI is InChI=1S/C14H21FN3O13P3/c1-4-5-14(15)11(19)10(28-12(14)18-7(2)6-9(16)17-13(18)20)8(3)29-33(24,25)31-34(26,27)30-32(21,22)23/h6,8,10-12,19H,1-3H3,(H,24,25)(H,26,27)(H2,16,17,20)(H2,21,22,23)/t8-,10-,11+,12-,14?/m1/s1. The van der Waals surface area contributed by atoms with Crippen molar-refractivity contribution < 1.29 is 60.6 Å². The third-order valence-corrected chi connectivity index (χ3v) is 8.21. The van der Waals surface area contributed by atoms with Gasteiger partial charge in [0.05, 0.1) is 6.10 Å². The van der Waals surface area contributed by atoms with Gasteiger partial charge < -0.3 is 35.2 Å². The number of alkyl halides is 1. The number of nitrogens with zero attached hydrogens (tertiary/aromatic N) is 2. The molecular formula is C14H21FN3O13P3. The van der Waals surface area contributed by atoms with Gasteiger partial charge in [0.15, 0.2) is 6.23 Å². The van der Waals surface area contributed by atoms with Crippen LogP contribution in [0.25, 0.3) is 0 Å². The number of aliphatic hydroxyl groups excluding tert-OH is 1. The molecule has 3 unspecified atom stereocenters. The van der Waals surface area contributed by atoms with Crippen LogP contribution in [0.1, 0.15) is 25.8 Å². The molecule has 1 saturated heterocycles. The lowest BCUT2D eigenvalue weighted by atomic mass is 9.94. The van der Waals surface area contributed by atoms with Gasteiger partial charge in [-0.3, -0.25) is 9.09 Å². The summed E-state index contributed by atoms with van der Waals surface area (Å²) in [4.78, 5) is 51.9. The molecule has 2 rings (SSSR count). The lowest BCUT2D eigenvalue weighted by Gasteiger charge is -2.26. The van der Waals surface area contributed by atoms with Gasteiger partial charge >= 0.3 is 29.2 Å². The molecule has 0 spiro atoms. The SMILES string of the molecule is CC#CC1(F)[C@@H](O)[C@@H]([C@@H](C)OP(=O)(O)OP(=O)(O)OP(=O)(O)O)O[C@H]1n1c(C)cc(N)nc1=O. The van der Waals surface area contributed by atoms with Crippen LogP contribution in [0.4, 0.5) is 10.2 Å². The van der Waals surface area contributed by atoms with Crippen molar-refractivity contribution in [1.29, 1.82) is 0 Å². The van der Waals surface area contributed by atoms with Crippen molar-refractivity contribution in [1.82, 2.24) is 9.55 Å². The normalized spacial score (nSPS) is 29.5. The number of aliphatic hydroxyl groups is 1. The highest BCUT2D eigenvalue weighted by atomic mass is 31.3. The molecule has 1 fully saturated rings. The van der Waals surface area contributed by atoms with Gasteiger partial charge in [-0.2, -0.15) is 13.6 Å². The minimum Gasteiger partial charge on any atom is -0.386 e. The minimum atomic E-state index is -5.82. The van der Waals surface area contributed by atoms with Crippen molar-refractivity contribution >= 4 is 29.3 Å². The first-order chi connectivity index (χ1) is 15.3. The largest absolute Gasteiger partial charge is 0.490 e. The first-order valence-electron chi connectivity index (χ1n) is 8.96. The third kappa shape index (κ3) is 6.58. The van der Waals surface area contributed by atoms with E-state index in [0.717, 1.165) is 6.92 Å². The summed E-state index contributed by atoms with van der Waals surface area (Å²) in [5.41, 5.74) is 1.52. The van der Waals surface area contributed by atoms with E-state index in [1.165, 1.54) is 19.9 Å². The van der Waals surface area contributed by atoms with Crippen molar-refractivity contribution in [3.8, 4) is 11.8 Å². The predicted molar refractivity (Wildman–Crippen MR) is 109 cm³/mol. The summed E-state index contributed by atoms with van der Waals surface area (Å²) < 4.78 is 68.0. The van der Waals surface area contributed by atoms with Crippen LogP contribution in [0.3, 0.4) is 0 Å². The lowest BCUT2D eigenvalue weighted by Crippen LogP contribution is -2.46. The summed E-state index contributed by atoms with van der Waals surface area (Å²) in [5.74, 6) is 4.14. The molecule has 1 aromatic heterocycles. The monoisotopic (exact) mass is 551 g/mol. The maximum atomic E-state index is 15.8. The molecule has 1 aliphatic rings. The molecule has 192 valence electrons. The van der Waals surface area contributed by atoms with E-state index in [0.29, 0.717) is 4.57 Å². The molecule has 0 aromatic carbocycles. The number of nitrogens with two attached hydrogens (primary N) is 1. The molecule has 0 bridgehead atoms. The number of hydrogen-bond donors (Lipinski definition) is 6. The summed E-state index contributed by atoms with van der Waals surface area (Å²) in [6.07, 6.45) is -7.77. The van der Waals surface area contributed by atoms with E-state index >= 15 is 4.39 Å². The number of phosphoric acid groups is 3. The number of hydrogen-bond acceptors (Lipinski definition) is 11. The van der Waals surface area contributed by atoms with Crippen LogP contribution in [-0.4, -0.2) is 58.2 Å². The quantitative estimate of drug-likeness (QED) is 0.182. The van der Waals surface area contributed by atoms with Crippen LogP contribution in [0, 0.1) is 18.8 Å². The van der Waals surface area contributed by atoms with E-state index in [2.05, 4.69) is 30.0 Å². The Morgan fingerprint density at radius 2 is 1.85 bits per heavy atom.